The van der Waals surface area contributed by atoms with Crippen molar-refractivity contribution in [3.05, 3.63) is 64.7 Å². The predicted octanol–water partition coefficient (Wildman–Crippen LogP) is 4.18. The van der Waals surface area contributed by atoms with E-state index in [1.807, 2.05) is 50.2 Å². The van der Waals surface area contributed by atoms with Crippen LogP contribution in [0.4, 0.5) is 5.69 Å². The molecule has 0 saturated heterocycles. The monoisotopic (exact) mass is 339 g/mol. The highest BCUT2D eigenvalue weighted by atomic mass is 16.7. The molecule has 0 aromatic heterocycles. The van der Waals surface area contributed by atoms with Gasteiger partial charge in [-0.25, -0.2) is 4.79 Å². The molecule has 5 nitrogen and oxygen atoms in total. The summed E-state index contributed by atoms with van der Waals surface area (Å²) in [5, 5.41) is 0. The van der Waals surface area contributed by atoms with E-state index in [9.17, 15) is 4.79 Å². The van der Waals surface area contributed by atoms with E-state index in [0.717, 1.165) is 22.4 Å². The third-order valence-corrected chi connectivity index (χ3v) is 3.92. The number of cyclic esters (lactones) is 1. The number of hydrogen-bond acceptors (Lipinski definition) is 5. The molecular formula is C20H21NO4. The lowest BCUT2D eigenvalue weighted by Crippen LogP contribution is -2.08. The minimum Gasteiger partial charge on any atom is -0.457 e. The van der Waals surface area contributed by atoms with E-state index < -0.39 is 0 Å². The number of carbonyl (C=O) groups excluding carboxylic acids is 1. The molecule has 3 rings (SSSR count). The van der Waals surface area contributed by atoms with Crippen LogP contribution in [0.25, 0.3) is 0 Å². The fourth-order valence-corrected chi connectivity index (χ4v) is 2.68. The molecule has 0 amide bonds. The molecule has 0 aliphatic carbocycles. The van der Waals surface area contributed by atoms with Gasteiger partial charge in [-0.2, -0.15) is 0 Å². The average molecular weight is 339 g/mol. The maximum atomic E-state index is 11.6. The highest BCUT2D eigenvalue weighted by Gasteiger charge is 2.23. The molecular weight excluding hydrogens is 318 g/mol. The van der Waals surface area contributed by atoms with Gasteiger partial charge in [-0.1, -0.05) is 30.3 Å². The normalized spacial score (nSPS) is 13.5. The molecule has 5 heteroatoms. The molecule has 2 aromatic rings. The van der Waals surface area contributed by atoms with Gasteiger partial charge >= 0.3 is 5.97 Å². The van der Waals surface area contributed by atoms with Gasteiger partial charge in [0.25, 0.3) is 0 Å². The van der Waals surface area contributed by atoms with E-state index >= 15 is 0 Å². The second-order valence-electron chi connectivity index (χ2n) is 5.55. The quantitative estimate of drug-likeness (QED) is 0.431. The van der Waals surface area contributed by atoms with Crippen LogP contribution in [0.1, 0.15) is 47.2 Å². The molecule has 0 fully saturated rings. The topological polar surface area (TPSA) is 57.1 Å². The van der Waals surface area contributed by atoms with Gasteiger partial charge in [0.15, 0.2) is 6.29 Å². The van der Waals surface area contributed by atoms with Gasteiger partial charge < -0.3 is 14.2 Å². The number of aliphatic imine (C=N–C) groups is 1. The lowest BCUT2D eigenvalue weighted by atomic mass is 10.1. The van der Waals surface area contributed by atoms with E-state index in [-0.39, 0.29) is 18.9 Å². The van der Waals surface area contributed by atoms with Crippen molar-refractivity contribution in [2.45, 2.75) is 26.7 Å². The van der Waals surface area contributed by atoms with Gasteiger partial charge in [0.1, 0.15) is 6.61 Å². The van der Waals surface area contributed by atoms with Crippen molar-refractivity contribution in [2.75, 3.05) is 13.2 Å². The summed E-state index contributed by atoms with van der Waals surface area (Å²) in [5.74, 6) is -0.283. The van der Waals surface area contributed by atoms with Gasteiger partial charge in [0, 0.05) is 30.6 Å². The summed E-state index contributed by atoms with van der Waals surface area (Å²) in [7, 11) is 0. The minimum atomic E-state index is -0.346. The Morgan fingerprint density at radius 2 is 1.84 bits per heavy atom. The fourth-order valence-electron chi connectivity index (χ4n) is 2.68. The Morgan fingerprint density at radius 1 is 1.12 bits per heavy atom. The standard InChI is InChI=1S/C20H21NO4/c1-3-23-20(24-4-2)15-10-8-14(9-11-15)12-21-18-7-5-6-16-17(18)13-25-19(16)22/h5-12,20H,3-4,13H2,1-2H3. The number of hydrogen-bond donors (Lipinski definition) is 0. The first-order valence-corrected chi connectivity index (χ1v) is 8.39. The molecule has 0 bridgehead atoms. The Kier molecular flexibility index (Phi) is 5.58. The number of fused-ring (bicyclic) bond motifs is 1. The summed E-state index contributed by atoms with van der Waals surface area (Å²) in [6.45, 7) is 5.35. The van der Waals surface area contributed by atoms with Crippen LogP contribution in [-0.4, -0.2) is 25.4 Å². The minimum absolute atomic E-state index is 0.283. The Morgan fingerprint density at radius 3 is 2.52 bits per heavy atom. The Hall–Kier alpha value is -2.50. The SMILES string of the molecule is CCOC(OCC)c1ccc(C=Nc2cccc3c2COC3=O)cc1. The third-order valence-electron chi connectivity index (χ3n) is 3.92. The van der Waals surface area contributed by atoms with Crippen LogP contribution in [0.3, 0.4) is 0 Å². The molecule has 1 heterocycles. The van der Waals surface area contributed by atoms with Crippen LogP contribution in [0, 0.1) is 0 Å². The predicted molar refractivity (Wildman–Crippen MR) is 95.3 cm³/mol. The third kappa shape index (κ3) is 3.95. The zero-order chi connectivity index (χ0) is 17.6. The first kappa shape index (κ1) is 17.3. The summed E-state index contributed by atoms with van der Waals surface area (Å²) < 4.78 is 16.3. The van der Waals surface area contributed by atoms with E-state index in [1.54, 1.807) is 12.3 Å². The molecule has 25 heavy (non-hydrogen) atoms. The maximum absolute atomic E-state index is 11.6. The first-order valence-electron chi connectivity index (χ1n) is 8.39. The Bertz CT molecular complexity index is 762. The van der Waals surface area contributed by atoms with Crippen LogP contribution in [0.5, 0.6) is 0 Å². The van der Waals surface area contributed by atoms with E-state index in [1.165, 1.54) is 0 Å². The van der Waals surface area contributed by atoms with Gasteiger partial charge in [0.2, 0.25) is 0 Å². The van der Waals surface area contributed by atoms with Gasteiger partial charge in [-0.15, -0.1) is 0 Å². The first-order chi connectivity index (χ1) is 12.2. The van der Waals surface area contributed by atoms with E-state index in [2.05, 4.69) is 4.99 Å². The average Bonchev–Trinajstić information content (AvgIpc) is 3.02. The van der Waals surface area contributed by atoms with Crippen molar-refractivity contribution in [1.82, 2.24) is 0 Å². The number of carbonyl (C=O) groups is 1. The molecule has 0 N–H and O–H groups in total. The molecule has 1 aliphatic heterocycles. The second-order valence-corrected chi connectivity index (χ2v) is 5.55. The largest absolute Gasteiger partial charge is 0.457 e. The van der Waals surface area contributed by atoms with Crippen molar-refractivity contribution >= 4 is 17.9 Å². The molecule has 0 spiro atoms. The summed E-state index contributed by atoms with van der Waals surface area (Å²) >= 11 is 0. The van der Waals surface area contributed by atoms with Crippen molar-refractivity contribution < 1.29 is 19.0 Å². The molecule has 130 valence electrons. The summed E-state index contributed by atoms with van der Waals surface area (Å²) in [6, 6.07) is 13.3. The zero-order valence-electron chi connectivity index (χ0n) is 14.4. The van der Waals surface area contributed by atoms with Crippen LogP contribution in [0.2, 0.25) is 0 Å². The Labute approximate surface area is 147 Å². The number of rotatable bonds is 7. The number of ether oxygens (including phenoxy) is 3. The van der Waals surface area contributed by atoms with Crippen molar-refractivity contribution in [2.24, 2.45) is 4.99 Å². The molecule has 0 unspecified atom stereocenters. The molecule has 0 saturated carbocycles. The van der Waals surface area contributed by atoms with E-state index in [4.69, 9.17) is 14.2 Å². The molecule has 2 aromatic carbocycles. The van der Waals surface area contributed by atoms with Gasteiger partial charge in [-0.05, 0) is 31.5 Å². The lowest BCUT2D eigenvalue weighted by Gasteiger charge is -2.17. The smallest absolute Gasteiger partial charge is 0.338 e. The summed E-state index contributed by atoms with van der Waals surface area (Å²) in [6.07, 6.45) is 1.43. The van der Waals surface area contributed by atoms with Crippen molar-refractivity contribution in [1.29, 1.82) is 0 Å². The van der Waals surface area contributed by atoms with Crippen molar-refractivity contribution in [3.8, 4) is 0 Å². The van der Waals surface area contributed by atoms with Gasteiger partial charge in [0.05, 0.1) is 11.3 Å². The van der Waals surface area contributed by atoms with Crippen molar-refractivity contribution in [3.63, 3.8) is 0 Å². The second kappa shape index (κ2) is 8.05. The van der Waals surface area contributed by atoms with Crippen LogP contribution in [-0.2, 0) is 20.8 Å². The molecule has 0 atom stereocenters. The summed E-state index contributed by atoms with van der Waals surface area (Å²) in [4.78, 5) is 16.1. The molecule has 1 aliphatic rings. The molecule has 0 radical (unpaired) electrons. The Balaban J connectivity index is 1.76. The van der Waals surface area contributed by atoms with Crippen LogP contribution >= 0.6 is 0 Å². The fraction of sp³-hybridized carbons (Fsp3) is 0.300. The highest BCUT2D eigenvalue weighted by Crippen LogP contribution is 2.29. The maximum Gasteiger partial charge on any atom is 0.338 e. The zero-order valence-corrected chi connectivity index (χ0v) is 14.4. The lowest BCUT2D eigenvalue weighted by molar-refractivity contribution is -0.140. The van der Waals surface area contributed by atoms with Crippen LogP contribution < -0.4 is 0 Å². The summed E-state index contributed by atoms with van der Waals surface area (Å²) in [5.41, 5.74) is 4.13. The highest BCUT2D eigenvalue weighted by molar-refractivity contribution is 5.95. The van der Waals surface area contributed by atoms with E-state index in [0.29, 0.717) is 18.8 Å². The number of esters is 1. The number of nitrogens with zero attached hydrogens (tertiary/aromatic N) is 1. The number of benzene rings is 2. The van der Waals surface area contributed by atoms with Gasteiger partial charge in [-0.3, -0.25) is 4.99 Å². The van der Waals surface area contributed by atoms with Crippen LogP contribution in [0.15, 0.2) is 47.5 Å².